The van der Waals surface area contributed by atoms with E-state index in [9.17, 15) is 19.2 Å². The van der Waals surface area contributed by atoms with Crippen molar-refractivity contribution in [1.82, 2.24) is 5.32 Å². The molecule has 0 aromatic heterocycles. The molecule has 0 saturated heterocycles. The summed E-state index contributed by atoms with van der Waals surface area (Å²) in [5.74, 6) is 9.71. The average molecular weight is 1520 g/mol. The number of methoxy groups -OCH3 is 1. The minimum Gasteiger partial charge on any atom is -0.491 e. The lowest BCUT2D eigenvalue weighted by atomic mass is 9.80. The van der Waals surface area contributed by atoms with Crippen molar-refractivity contribution in [1.29, 1.82) is 0 Å². The molecule has 10 rings (SSSR count). The van der Waals surface area contributed by atoms with Gasteiger partial charge >= 0.3 is 17.9 Å². The van der Waals surface area contributed by atoms with Crippen LogP contribution in [0.5, 0.6) is 46.0 Å². The van der Waals surface area contributed by atoms with E-state index in [4.69, 9.17) is 56.8 Å². The summed E-state index contributed by atoms with van der Waals surface area (Å²) in [6.07, 6.45) is 15.7. The first-order valence-electron chi connectivity index (χ1n) is 40.9. The number of rotatable bonds is 34. The Bertz CT molecular complexity index is 3780. The third kappa shape index (κ3) is 26.7. The minimum atomic E-state index is -0.507. The molecule has 1 amide bonds. The molecule has 0 aliphatic heterocycles. The molecule has 110 heavy (non-hydrogen) atoms. The van der Waals surface area contributed by atoms with Crippen LogP contribution in [0.25, 0.3) is 10.8 Å². The second-order valence-electron chi connectivity index (χ2n) is 33.1. The SMILES string of the molecule is CCC(C)(C)C(=O)Oc1ccc(OC(OC)C(C)C)cc1.CCC(C)(C)C(=O)Oc1ccc(OC(OC2CC3CC2C2CCCC32)C(C)C)cc1.CCC(C)(C)C(=O)Oc1ccc2cc(OC(C)OCCOc3ccc(C4CCCCC4)cc3)ccc2c1.CCOC(C)Oc1c(C)cc(CNC(=O)C(C)CC)cc1C. The van der Waals surface area contributed by atoms with Crippen molar-refractivity contribution in [2.24, 2.45) is 57.7 Å². The highest BCUT2D eigenvalue weighted by molar-refractivity contribution is 5.87. The van der Waals surface area contributed by atoms with Gasteiger partial charge in [-0.25, -0.2) is 0 Å². The number of esters is 3. The molecule has 17 nitrogen and oxygen atoms in total. The van der Waals surface area contributed by atoms with Crippen LogP contribution in [0.3, 0.4) is 0 Å². The van der Waals surface area contributed by atoms with Crippen molar-refractivity contribution in [2.75, 3.05) is 26.9 Å². The summed E-state index contributed by atoms with van der Waals surface area (Å²) in [4.78, 5) is 48.5. The number of carbonyl (C=O) groups excluding carboxylic acids is 4. The van der Waals surface area contributed by atoms with Crippen LogP contribution in [0, 0.1) is 71.5 Å². The zero-order valence-electron chi connectivity index (χ0n) is 70.3. The summed E-state index contributed by atoms with van der Waals surface area (Å²) in [6.45, 7) is 41.4. The fraction of sp³-hybridized carbons (Fsp3) is 0.591. The number of aryl methyl sites for hydroxylation is 2. The second kappa shape index (κ2) is 42.8. The molecule has 606 valence electrons. The van der Waals surface area contributed by atoms with Gasteiger partial charge in [-0.15, -0.1) is 0 Å². The minimum absolute atomic E-state index is 0.0526. The van der Waals surface area contributed by atoms with Crippen LogP contribution in [0.1, 0.15) is 243 Å². The largest absolute Gasteiger partial charge is 0.491 e. The van der Waals surface area contributed by atoms with E-state index in [1.54, 1.807) is 43.5 Å². The third-order valence-corrected chi connectivity index (χ3v) is 22.6. The Labute approximate surface area is 658 Å². The van der Waals surface area contributed by atoms with Gasteiger partial charge in [0, 0.05) is 38.0 Å². The van der Waals surface area contributed by atoms with Crippen molar-refractivity contribution >= 4 is 34.6 Å². The molecule has 6 aromatic carbocycles. The van der Waals surface area contributed by atoms with E-state index in [-0.39, 0.29) is 60.4 Å². The maximum atomic E-state index is 12.4. The number of nitrogens with one attached hydrogen (secondary N) is 1. The van der Waals surface area contributed by atoms with Crippen LogP contribution < -0.4 is 43.2 Å². The Hall–Kier alpha value is -7.70. The van der Waals surface area contributed by atoms with Crippen molar-refractivity contribution in [3.63, 3.8) is 0 Å². The smallest absolute Gasteiger partial charge is 0.316 e. The Kier molecular flexibility index (Phi) is 34.8. The molecular formula is C93H133NO16. The molecular weight excluding hydrogens is 1390 g/mol. The van der Waals surface area contributed by atoms with Gasteiger partial charge in [0.15, 0.2) is 12.6 Å². The summed E-state index contributed by atoms with van der Waals surface area (Å²) < 4.78 is 69.2. The normalized spacial score (nSPS) is 18.8. The maximum Gasteiger partial charge on any atom is 0.316 e. The van der Waals surface area contributed by atoms with Crippen LogP contribution in [0.4, 0.5) is 0 Å². The monoisotopic (exact) mass is 1520 g/mol. The fourth-order valence-electron chi connectivity index (χ4n) is 14.2. The van der Waals surface area contributed by atoms with Gasteiger partial charge in [0.05, 0.1) is 29.0 Å². The lowest BCUT2D eigenvalue weighted by Crippen LogP contribution is -2.37. The second-order valence-corrected chi connectivity index (χ2v) is 33.1. The molecule has 2 bridgehead atoms. The molecule has 0 spiro atoms. The van der Waals surface area contributed by atoms with E-state index in [0.29, 0.717) is 61.4 Å². The lowest BCUT2D eigenvalue weighted by molar-refractivity contribution is -0.162. The quantitative estimate of drug-likeness (QED) is 0.0173. The molecule has 4 aliphatic rings. The highest BCUT2D eigenvalue weighted by Crippen LogP contribution is 2.60. The van der Waals surface area contributed by atoms with Crippen molar-refractivity contribution in [3.8, 4) is 46.0 Å². The molecule has 0 radical (unpaired) electrons. The maximum absolute atomic E-state index is 12.4. The predicted molar refractivity (Wildman–Crippen MR) is 436 cm³/mol. The highest BCUT2D eigenvalue weighted by Gasteiger charge is 2.55. The number of carbonyl (C=O) groups is 4. The molecule has 4 saturated carbocycles. The van der Waals surface area contributed by atoms with Gasteiger partial charge in [0.1, 0.15) is 52.6 Å². The van der Waals surface area contributed by atoms with E-state index in [2.05, 4.69) is 55.6 Å². The van der Waals surface area contributed by atoms with Gasteiger partial charge in [0.25, 0.3) is 0 Å². The Morgan fingerprint density at radius 1 is 0.473 bits per heavy atom. The number of hydrogen-bond donors (Lipinski definition) is 1. The van der Waals surface area contributed by atoms with Crippen LogP contribution in [0.15, 0.2) is 121 Å². The van der Waals surface area contributed by atoms with E-state index in [1.165, 1.54) is 69.8 Å². The van der Waals surface area contributed by atoms with Crippen molar-refractivity contribution in [2.45, 2.75) is 272 Å². The Balaban J connectivity index is 0.000000210. The van der Waals surface area contributed by atoms with Gasteiger partial charge in [-0.05, 0) is 288 Å². The zero-order chi connectivity index (χ0) is 80.5. The van der Waals surface area contributed by atoms with Crippen molar-refractivity contribution in [3.05, 3.63) is 144 Å². The molecule has 4 aliphatic carbocycles. The topological polar surface area (TPSA) is 191 Å². The third-order valence-electron chi connectivity index (χ3n) is 22.6. The van der Waals surface area contributed by atoms with Crippen LogP contribution in [-0.2, 0) is 44.7 Å². The Morgan fingerprint density at radius 3 is 1.45 bits per heavy atom. The van der Waals surface area contributed by atoms with Gasteiger partial charge < -0.3 is 62.2 Å². The molecule has 10 atom stereocenters. The summed E-state index contributed by atoms with van der Waals surface area (Å²) in [5.41, 5.74) is 3.16. The fourth-order valence-corrected chi connectivity index (χ4v) is 14.2. The van der Waals surface area contributed by atoms with E-state index < -0.39 is 22.5 Å². The molecule has 6 aromatic rings. The number of ether oxygens (including phenoxy) is 12. The van der Waals surface area contributed by atoms with E-state index in [0.717, 1.165) is 99.8 Å². The van der Waals surface area contributed by atoms with Gasteiger partial charge in [0.2, 0.25) is 18.5 Å². The lowest BCUT2D eigenvalue weighted by Gasteiger charge is -2.35. The van der Waals surface area contributed by atoms with Crippen LogP contribution >= 0.6 is 0 Å². The first-order chi connectivity index (χ1) is 52.3. The van der Waals surface area contributed by atoms with Gasteiger partial charge in [-0.2, -0.15) is 0 Å². The first kappa shape index (κ1) is 89.5. The first-order valence-corrected chi connectivity index (χ1v) is 40.9. The summed E-state index contributed by atoms with van der Waals surface area (Å²) in [5, 5.41) is 4.95. The summed E-state index contributed by atoms with van der Waals surface area (Å²) in [7, 11) is 1.62. The Morgan fingerprint density at radius 2 is 0.945 bits per heavy atom. The number of amides is 1. The molecule has 10 unspecified atom stereocenters. The molecule has 0 heterocycles. The summed E-state index contributed by atoms with van der Waals surface area (Å²) in [6, 6.07) is 38.4. The molecule has 17 heteroatoms. The average Bonchev–Trinajstić information content (AvgIpc) is 1.59. The zero-order valence-corrected chi connectivity index (χ0v) is 70.3. The number of fused-ring (bicyclic) bond motifs is 6. The predicted octanol–water partition coefficient (Wildman–Crippen LogP) is 22.0. The molecule has 1 N–H and O–H groups in total. The standard InChI is InChI=1S/C32H40O5.C26H38O4.C18H29NO3.C17H26O4/c1-5-32(3,4)31(33)37-30-18-14-26-21-29(17-13-27(26)22-30)36-23(2)34-19-20-35-28-15-11-25(12-16-28)24-9-7-6-8-10-24;1-6-26(4,5)25(27)29-19-12-10-18(11-13-19)28-24(16(2)3)30-23-15-17-14-22(23)21-9-7-8-20(17)21;1-7-12(3)18(20)19-11-16-9-13(4)17(14(5)10-16)22-15(6)21-8-2;1-7-17(4,5)16(18)21-14-10-8-13(9-11-14)20-15(19-6)12(2)3/h11-18,21-24H,5-10,19-20H2,1-4H3;10-13,16-17,20-24H,6-9,14-15H2,1-5H3;9-10,12,15H,7-8,11H2,1-6H3,(H,19,20);8-12,15H,7H2,1-6H3. The number of hydrogen-bond acceptors (Lipinski definition) is 16. The van der Waals surface area contributed by atoms with Gasteiger partial charge in [-0.1, -0.05) is 124 Å². The van der Waals surface area contributed by atoms with Crippen molar-refractivity contribution < 1.29 is 76.0 Å². The molecule has 4 fully saturated rings. The number of benzene rings is 6. The van der Waals surface area contributed by atoms with E-state index >= 15 is 0 Å². The highest BCUT2D eigenvalue weighted by atomic mass is 16.7. The van der Waals surface area contributed by atoms with E-state index in [1.807, 2.05) is 173 Å². The van der Waals surface area contributed by atoms with Crippen LogP contribution in [0.2, 0.25) is 0 Å². The summed E-state index contributed by atoms with van der Waals surface area (Å²) >= 11 is 0. The van der Waals surface area contributed by atoms with Crippen LogP contribution in [-0.4, -0.2) is 82.0 Å². The van der Waals surface area contributed by atoms with Gasteiger partial charge in [-0.3, -0.25) is 19.2 Å².